The summed E-state index contributed by atoms with van der Waals surface area (Å²) in [6.07, 6.45) is 2.52. The summed E-state index contributed by atoms with van der Waals surface area (Å²) in [6, 6.07) is 12.0. The Balaban J connectivity index is 1.46. The topological polar surface area (TPSA) is 64.2 Å². The predicted molar refractivity (Wildman–Crippen MR) is 99.6 cm³/mol. The molecular weight excluding hydrogens is 348 g/mol. The maximum absolute atomic E-state index is 12.9. The van der Waals surface area contributed by atoms with Crippen molar-refractivity contribution in [1.29, 1.82) is 0 Å². The second kappa shape index (κ2) is 6.99. The molecule has 0 aliphatic carbocycles. The third-order valence-corrected chi connectivity index (χ3v) is 5.77. The molecule has 0 N–H and O–H groups in total. The van der Waals surface area contributed by atoms with E-state index in [0.717, 1.165) is 13.0 Å². The van der Waals surface area contributed by atoms with E-state index in [1.54, 1.807) is 6.26 Å². The molecule has 0 saturated heterocycles. The normalized spacial score (nSPS) is 14.9. The first-order valence-corrected chi connectivity index (χ1v) is 9.47. The Hall–Kier alpha value is -2.54. The Kier molecular flexibility index (Phi) is 4.55. The number of hydrogen-bond donors (Lipinski definition) is 0. The van der Waals surface area contributed by atoms with Crippen molar-refractivity contribution < 1.29 is 9.21 Å². The zero-order valence-electron chi connectivity index (χ0n) is 14.8. The van der Waals surface area contributed by atoms with Gasteiger partial charge in [0.15, 0.2) is 16.7 Å². The van der Waals surface area contributed by atoms with E-state index in [9.17, 15) is 4.79 Å². The predicted octanol–water partition coefficient (Wildman–Crippen LogP) is 3.14. The van der Waals surface area contributed by atoms with E-state index in [-0.39, 0.29) is 11.2 Å². The monoisotopic (exact) mass is 368 g/mol. The number of rotatable bonds is 4. The molecule has 2 aromatic heterocycles. The van der Waals surface area contributed by atoms with E-state index in [2.05, 4.69) is 28.4 Å². The minimum atomic E-state index is -0.229. The van der Waals surface area contributed by atoms with Crippen LogP contribution >= 0.6 is 11.8 Å². The number of amides is 1. The highest BCUT2D eigenvalue weighted by molar-refractivity contribution is 8.00. The molecule has 0 radical (unpaired) electrons. The number of fused-ring (bicyclic) bond motifs is 1. The summed E-state index contributed by atoms with van der Waals surface area (Å²) in [7, 11) is 1.88. The van der Waals surface area contributed by atoms with Crippen molar-refractivity contribution in [2.75, 3.05) is 6.54 Å². The molecule has 4 rings (SSSR count). The molecule has 26 heavy (non-hydrogen) atoms. The molecule has 0 unspecified atom stereocenters. The smallest absolute Gasteiger partial charge is 0.236 e. The third kappa shape index (κ3) is 3.14. The zero-order valence-corrected chi connectivity index (χ0v) is 15.6. The van der Waals surface area contributed by atoms with Crippen LogP contribution in [0, 0.1) is 0 Å². The fraction of sp³-hybridized carbons (Fsp3) is 0.316. The van der Waals surface area contributed by atoms with Gasteiger partial charge < -0.3 is 13.9 Å². The largest absolute Gasteiger partial charge is 0.461 e. The molecule has 0 fully saturated rings. The van der Waals surface area contributed by atoms with Gasteiger partial charge in [-0.1, -0.05) is 36.0 Å². The first-order valence-electron chi connectivity index (χ1n) is 8.59. The van der Waals surface area contributed by atoms with Crippen molar-refractivity contribution >= 4 is 17.7 Å². The van der Waals surface area contributed by atoms with Crippen LogP contribution in [0.15, 0.2) is 52.2 Å². The Morgan fingerprint density at radius 2 is 2.00 bits per heavy atom. The maximum atomic E-state index is 12.9. The lowest BCUT2D eigenvalue weighted by Gasteiger charge is -2.30. The summed E-state index contributed by atoms with van der Waals surface area (Å²) in [5, 5.41) is 8.88. The molecule has 0 saturated carbocycles. The van der Waals surface area contributed by atoms with Crippen molar-refractivity contribution in [3.8, 4) is 11.6 Å². The highest BCUT2D eigenvalue weighted by Gasteiger charge is 2.27. The van der Waals surface area contributed by atoms with Gasteiger partial charge in [-0.15, -0.1) is 10.2 Å². The van der Waals surface area contributed by atoms with Gasteiger partial charge in [0.05, 0.1) is 11.5 Å². The van der Waals surface area contributed by atoms with Gasteiger partial charge in [-0.25, -0.2) is 0 Å². The van der Waals surface area contributed by atoms with E-state index in [0.29, 0.717) is 23.3 Å². The summed E-state index contributed by atoms with van der Waals surface area (Å²) >= 11 is 1.43. The Bertz CT molecular complexity index is 920. The van der Waals surface area contributed by atoms with E-state index in [1.807, 2.05) is 41.6 Å². The molecule has 0 spiro atoms. The summed E-state index contributed by atoms with van der Waals surface area (Å²) in [5.74, 6) is 1.45. The molecule has 1 aliphatic heterocycles. The van der Waals surface area contributed by atoms with Crippen LogP contribution in [0.3, 0.4) is 0 Å². The molecule has 1 amide bonds. The third-order valence-electron chi connectivity index (χ3n) is 4.65. The molecule has 1 aromatic carbocycles. The summed E-state index contributed by atoms with van der Waals surface area (Å²) in [5.41, 5.74) is 2.58. The fourth-order valence-corrected chi connectivity index (χ4v) is 4.09. The van der Waals surface area contributed by atoms with Gasteiger partial charge in [0.1, 0.15) is 0 Å². The Morgan fingerprint density at radius 3 is 2.77 bits per heavy atom. The minimum absolute atomic E-state index is 0.132. The standard InChI is InChI=1S/C19H20N4O2S/c1-13(18(24)23-10-9-14-6-3-4-7-15(14)12-23)26-19-21-20-17(22(19)2)16-8-5-11-25-16/h3-8,11,13H,9-10,12H2,1-2H3/t13-/m0/s1. The molecule has 1 atom stereocenters. The summed E-state index contributed by atoms with van der Waals surface area (Å²) in [6.45, 7) is 3.36. The molecular formula is C19H20N4O2S. The van der Waals surface area contributed by atoms with Crippen molar-refractivity contribution in [3.05, 3.63) is 53.8 Å². The van der Waals surface area contributed by atoms with E-state index < -0.39 is 0 Å². The van der Waals surface area contributed by atoms with Gasteiger partial charge in [-0.05, 0) is 36.6 Å². The van der Waals surface area contributed by atoms with Crippen LogP contribution in [0.2, 0.25) is 0 Å². The van der Waals surface area contributed by atoms with Gasteiger partial charge in [0.25, 0.3) is 0 Å². The minimum Gasteiger partial charge on any atom is -0.461 e. The molecule has 1 aliphatic rings. The SMILES string of the molecule is C[C@H](Sc1nnc(-c2ccco2)n1C)C(=O)N1CCc2ccccc2C1. The molecule has 0 bridgehead atoms. The number of carbonyl (C=O) groups is 1. The number of thioether (sulfide) groups is 1. The van der Waals surface area contributed by atoms with E-state index in [1.165, 1.54) is 22.9 Å². The average molecular weight is 368 g/mol. The van der Waals surface area contributed by atoms with Crippen LogP contribution in [-0.2, 0) is 24.8 Å². The van der Waals surface area contributed by atoms with Crippen LogP contribution in [-0.4, -0.2) is 37.4 Å². The average Bonchev–Trinajstić information content (AvgIpc) is 3.31. The van der Waals surface area contributed by atoms with Crippen LogP contribution in [0.1, 0.15) is 18.1 Å². The van der Waals surface area contributed by atoms with Gasteiger partial charge in [-0.3, -0.25) is 4.79 Å². The molecule has 7 heteroatoms. The van der Waals surface area contributed by atoms with Crippen LogP contribution < -0.4 is 0 Å². The summed E-state index contributed by atoms with van der Waals surface area (Å²) < 4.78 is 7.25. The highest BCUT2D eigenvalue weighted by atomic mass is 32.2. The summed E-state index contributed by atoms with van der Waals surface area (Å²) in [4.78, 5) is 14.8. The quantitative estimate of drug-likeness (QED) is 0.662. The molecule has 3 heterocycles. The van der Waals surface area contributed by atoms with Crippen LogP contribution in [0.5, 0.6) is 0 Å². The second-order valence-corrected chi connectivity index (χ2v) is 7.69. The van der Waals surface area contributed by atoms with Crippen molar-refractivity contribution in [2.24, 2.45) is 7.05 Å². The van der Waals surface area contributed by atoms with Crippen molar-refractivity contribution in [3.63, 3.8) is 0 Å². The number of furan rings is 1. The van der Waals surface area contributed by atoms with Gasteiger partial charge in [0.2, 0.25) is 5.91 Å². The van der Waals surface area contributed by atoms with Crippen LogP contribution in [0.25, 0.3) is 11.6 Å². The van der Waals surface area contributed by atoms with Crippen molar-refractivity contribution in [1.82, 2.24) is 19.7 Å². The van der Waals surface area contributed by atoms with Gasteiger partial charge in [-0.2, -0.15) is 0 Å². The van der Waals surface area contributed by atoms with E-state index in [4.69, 9.17) is 4.42 Å². The van der Waals surface area contributed by atoms with Crippen molar-refractivity contribution in [2.45, 2.75) is 30.3 Å². The number of benzene rings is 1. The van der Waals surface area contributed by atoms with Gasteiger partial charge >= 0.3 is 0 Å². The molecule has 6 nitrogen and oxygen atoms in total. The number of aromatic nitrogens is 3. The van der Waals surface area contributed by atoms with Crippen LogP contribution in [0.4, 0.5) is 0 Å². The van der Waals surface area contributed by atoms with Gasteiger partial charge in [0, 0.05) is 20.1 Å². The lowest BCUT2D eigenvalue weighted by atomic mass is 10.00. The second-order valence-electron chi connectivity index (χ2n) is 6.38. The first kappa shape index (κ1) is 16.9. The fourth-order valence-electron chi connectivity index (χ4n) is 3.19. The first-order chi connectivity index (χ1) is 12.6. The molecule has 3 aromatic rings. The lowest BCUT2D eigenvalue weighted by molar-refractivity contribution is -0.131. The molecule has 134 valence electrons. The number of carbonyl (C=O) groups excluding carboxylic acids is 1. The number of hydrogen-bond acceptors (Lipinski definition) is 5. The zero-order chi connectivity index (χ0) is 18.1. The highest BCUT2D eigenvalue weighted by Crippen LogP contribution is 2.28. The Morgan fingerprint density at radius 1 is 1.19 bits per heavy atom. The lowest BCUT2D eigenvalue weighted by Crippen LogP contribution is -2.40. The van der Waals surface area contributed by atoms with E-state index >= 15 is 0 Å². The number of nitrogens with zero attached hydrogens (tertiary/aromatic N) is 4. The Labute approximate surface area is 156 Å². The maximum Gasteiger partial charge on any atom is 0.236 e.